The van der Waals surface area contributed by atoms with Crippen molar-refractivity contribution in [2.24, 2.45) is 0 Å². The van der Waals surface area contributed by atoms with E-state index in [2.05, 4.69) is 25.5 Å². The number of carbonyl (C=O) groups excluding carboxylic acids is 2. The number of methoxy groups -OCH3 is 2. The van der Waals surface area contributed by atoms with Gasteiger partial charge in [-0.05, 0) is 101 Å². The normalized spacial score (nSPS) is 10.9. The lowest BCUT2D eigenvalue weighted by Crippen LogP contribution is -2.34. The number of aryl methyl sites for hydroxylation is 2. The molecule has 0 saturated heterocycles. The fraction of sp³-hybridized carbons (Fsp3) is 0.351. The average molecular weight is 673 g/mol. The highest BCUT2D eigenvalue weighted by molar-refractivity contribution is 5.95. The Morgan fingerprint density at radius 2 is 1.65 bits per heavy atom. The van der Waals surface area contributed by atoms with Crippen molar-refractivity contribution in [2.75, 3.05) is 51.6 Å². The van der Waals surface area contributed by atoms with E-state index in [1.54, 1.807) is 44.6 Å². The molecule has 1 aromatic heterocycles. The Hall–Kier alpha value is -5.23. The quantitative estimate of drug-likeness (QED) is 0.121. The van der Waals surface area contributed by atoms with Crippen LogP contribution >= 0.6 is 0 Å². The van der Waals surface area contributed by atoms with Gasteiger partial charge in [0.15, 0.2) is 0 Å². The van der Waals surface area contributed by atoms with E-state index >= 15 is 4.39 Å². The zero-order chi connectivity index (χ0) is 35.3. The maximum absolute atomic E-state index is 15.1. The molecule has 11 nitrogen and oxygen atoms in total. The van der Waals surface area contributed by atoms with Crippen molar-refractivity contribution in [1.82, 2.24) is 20.2 Å². The molecule has 0 aliphatic rings. The second-order valence-corrected chi connectivity index (χ2v) is 11.9. The number of carbonyl (C=O) groups is 2. The zero-order valence-electron chi connectivity index (χ0n) is 29.0. The molecule has 0 unspecified atom stereocenters. The Labute approximate surface area is 287 Å². The first-order chi connectivity index (χ1) is 23.6. The highest BCUT2D eigenvalue weighted by Gasteiger charge is 2.24. The standard InChI is InChI=1S/C37H45FN6O5/c1-25-12-11-13-26(2)34(25)49-37(46)44(24-27-22-29(47-5)15-17-32(27)48-6)33-18-20-40-36(42-33)41-28-14-16-30(31(38)23-28)35(45)39-19-9-7-8-10-21-43(3)4/h11-18,20,22-23H,7-10,19,21,24H2,1-6H3,(H,39,45)(H,40,41,42). The molecular weight excluding hydrogens is 627 g/mol. The molecule has 0 aliphatic heterocycles. The molecule has 0 spiro atoms. The molecule has 0 bridgehead atoms. The van der Waals surface area contributed by atoms with Gasteiger partial charge in [-0.15, -0.1) is 0 Å². The highest BCUT2D eigenvalue weighted by Crippen LogP contribution is 2.29. The molecule has 0 radical (unpaired) electrons. The SMILES string of the molecule is COc1ccc(OC)c(CN(C(=O)Oc2c(C)cccc2C)c2ccnc(Nc3ccc(C(=O)NCCCCCCN(C)C)c(F)c3)n2)c1. The number of hydrogen-bond donors (Lipinski definition) is 2. The molecule has 0 aliphatic carbocycles. The van der Waals surface area contributed by atoms with Gasteiger partial charge in [0.05, 0.1) is 26.3 Å². The van der Waals surface area contributed by atoms with Crippen molar-refractivity contribution < 1.29 is 28.2 Å². The molecule has 2 N–H and O–H groups in total. The monoisotopic (exact) mass is 672 g/mol. The maximum atomic E-state index is 15.1. The van der Waals surface area contributed by atoms with Crippen LogP contribution < -0.4 is 29.7 Å². The van der Waals surface area contributed by atoms with Gasteiger partial charge in [-0.25, -0.2) is 14.2 Å². The van der Waals surface area contributed by atoms with Crippen molar-refractivity contribution in [2.45, 2.75) is 46.1 Å². The van der Waals surface area contributed by atoms with E-state index in [0.717, 1.165) is 43.4 Å². The smallest absolute Gasteiger partial charge is 0.421 e. The summed E-state index contributed by atoms with van der Waals surface area (Å²) in [5, 5.41) is 5.77. The first-order valence-corrected chi connectivity index (χ1v) is 16.2. The Morgan fingerprint density at radius 3 is 2.35 bits per heavy atom. The topological polar surface area (TPSA) is 118 Å². The van der Waals surface area contributed by atoms with Crippen LogP contribution in [0.4, 0.5) is 26.6 Å². The van der Waals surface area contributed by atoms with Crippen LogP contribution in [0.25, 0.3) is 0 Å². The van der Waals surface area contributed by atoms with Gasteiger partial charge >= 0.3 is 6.09 Å². The molecule has 0 saturated carbocycles. The van der Waals surface area contributed by atoms with Crippen molar-refractivity contribution in [1.29, 1.82) is 0 Å². The summed E-state index contributed by atoms with van der Waals surface area (Å²) in [6.45, 7) is 5.26. The second-order valence-electron chi connectivity index (χ2n) is 11.9. The molecule has 49 heavy (non-hydrogen) atoms. The Kier molecular flexibility index (Phi) is 13.3. The van der Waals surface area contributed by atoms with Gasteiger partial charge in [0.25, 0.3) is 5.91 Å². The van der Waals surface area contributed by atoms with E-state index in [1.165, 1.54) is 23.2 Å². The number of aromatic nitrogens is 2. The van der Waals surface area contributed by atoms with Gasteiger partial charge in [-0.3, -0.25) is 9.69 Å². The number of unbranched alkanes of at least 4 members (excludes halogenated alkanes) is 3. The van der Waals surface area contributed by atoms with Gasteiger partial charge in [-0.2, -0.15) is 4.98 Å². The largest absolute Gasteiger partial charge is 0.497 e. The summed E-state index contributed by atoms with van der Waals surface area (Å²) in [7, 11) is 7.19. The van der Waals surface area contributed by atoms with Gasteiger partial charge in [-0.1, -0.05) is 31.0 Å². The van der Waals surface area contributed by atoms with Gasteiger partial charge in [0, 0.05) is 24.0 Å². The van der Waals surface area contributed by atoms with Crippen LogP contribution in [-0.2, 0) is 6.54 Å². The van der Waals surface area contributed by atoms with Gasteiger partial charge in [0.2, 0.25) is 5.95 Å². The molecule has 12 heteroatoms. The number of para-hydroxylation sites is 1. The number of nitrogens with one attached hydrogen (secondary N) is 2. The second kappa shape index (κ2) is 17.8. The summed E-state index contributed by atoms with van der Waals surface area (Å²) in [6, 6.07) is 16.7. The predicted molar refractivity (Wildman–Crippen MR) is 189 cm³/mol. The van der Waals surface area contributed by atoms with Gasteiger partial charge < -0.3 is 29.7 Å². The highest BCUT2D eigenvalue weighted by atomic mass is 19.1. The van der Waals surface area contributed by atoms with Crippen LogP contribution in [0.1, 0.15) is 52.7 Å². The van der Waals surface area contributed by atoms with E-state index in [-0.39, 0.29) is 23.9 Å². The number of ether oxygens (including phenoxy) is 3. The number of anilines is 3. The summed E-state index contributed by atoms with van der Waals surface area (Å²) in [6.07, 6.45) is 4.79. The minimum Gasteiger partial charge on any atom is -0.497 e. The number of amides is 2. The van der Waals surface area contributed by atoms with Crippen LogP contribution in [-0.4, -0.2) is 68.3 Å². The van der Waals surface area contributed by atoms with Gasteiger partial charge in [0.1, 0.15) is 28.9 Å². The van der Waals surface area contributed by atoms with Crippen LogP contribution in [0, 0.1) is 19.7 Å². The molecular formula is C37H45FN6O5. The summed E-state index contributed by atoms with van der Waals surface area (Å²) in [5.74, 6) is 0.733. The summed E-state index contributed by atoms with van der Waals surface area (Å²) in [4.78, 5) is 38.8. The third-order valence-electron chi connectivity index (χ3n) is 7.84. The Bertz CT molecular complexity index is 1710. The average Bonchev–Trinajstić information content (AvgIpc) is 3.08. The van der Waals surface area contributed by atoms with E-state index < -0.39 is 17.8 Å². The molecule has 4 rings (SSSR count). The molecule has 2 amide bonds. The fourth-order valence-electron chi connectivity index (χ4n) is 5.19. The summed E-state index contributed by atoms with van der Waals surface area (Å²) < 4.78 is 32.0. The van der Waals surface area contributed by atoms with E-state index in [4.69, 9.17) is 14.2 Å². The number of benzene rings is 3. The molecule has 1 heterocycles. The lowest BCUT2D eigenvalue weighted by Gasteiger charge is -2.23. The number of halogens is 1. The van der Waals surface area contributed by atoms with Crippen molar-refractivity contribution in [3.63, 3.8) is 0 Å². The van der Waals surface area contributed by atoms with Crippen LogP contribution in [0.3, 0.4) is 0 Å². The molecule has 0 fully saturated rings. The van der Waals surface area contributed by atoms with E-state index in [9.17, 15) is 9.59 Å². The van der Waals surface area contributed by atoms with Crippen molar-refractivity contribution in [3.05, 3.63) is 94.9 Å². The summed E-state index contributed by atoms with van der Waals surface area (Å²) in [5.41, 5.74) is 2.51. The van der Waals surface area contributed by atoms with Crippen molar-refractivity contribution >= 4 is 29.5 Å². The fourth-order valence-corrected chi connectivity index (χ4v) is 5.19. The third kappa shape index (κ3) is 10.4. The lowest BCUT2D eigenvalue weighted by atomic mass is 10.1. The Morgan fingerprint density at radius 1 is 0.898 bits per heavy atom. The van der Waals surface area contributed by atoms with Crippen LogP contribution in [0.15, 0.2) is 66.9 Å². The van der Waals surface area contributed by atoms with Crippen LogP contribution in [0.2, 0.25) is 0 Å². The number of hydrogen-bond acceptors (Lipinski definition) is 9. The minimum absolute atomic E-state index is 0.0229. The first kappa shape index (κ1) is 36.6. The minimum atomic E-state index is -0.687. The maximum Gasteiger partial charge on any atom is 0.421 e. The lowest BCUT2D eigenvalue weighted by molar-refractivity contribution is 0.0949. The van der Waals surface area contributed by atoms with E-state index in [0.29, 0.717) is 35.0 Å². The number of rotatable bonds is 16. The van der Waals surface area contributed by atoms with E-state index in [1.807, 2.05) is 46.1 Å². The third-order valence-corrected chi connectivity index (χ3v) is 7.84. The predicted octanol–water partition coefficient (Wildman–Crippen LogP) is 7.05. The Balaban J connectivity index is 1.51. The van der Waals surface area contributed by atoms with Crippen LogP contribution in [0.5, 0.6) is 17.2 Å². The molecule has 3 aromatic carbocycles. The summed E-state index contributed by atoms with van der Waals surface area (Å²) >= 11 is 0. The number of nitrogens with zero attached hydrogens (tertiary/aromatic N) is 4. The molecule has 4 aromatic rings. The zero-order valence-corrected chi connectivity index (χ0v) is 29.0. The molecule has 260 valence electrons. The molecule has 0 atom stereocenters. The first-order valence-electron chi connectivity index (χ1n) is 16.2. The van der Waals surface area contributed by atoms with Crippen molar-refractivity contribution in [3.8, 4) is 17.2 Å².